The number of nitrogens with one attached hydrogen (secondary N) is 2. The van der Waals surface area contributed by atoms with E-state index in [2.05, 4.69) is 15.1 Å². The summed E-state index contributed by atoms with van der Waals surface area (Å²) in [6.45, 7) is 0. The number of hydrogen-bond acceptors (Lipinski definition) is 5. The highest BCUT2D eigenvalue weighted by molar-refractivity contribution is 7.92. The number of methoxy groups -OCH3 is 1. The van der Waals surface area contributed by atoms with Crippen molar-refractivity contribution in [3.05, 3.63) is 66.5 Å². The van der Waals surface area contributed by atoms with E-state index in [4.69, 9.17) is 4.74 Å². The fraction of sp³-hybridized carbons (Fsp3) is 0.111. The molecule has 0 aliphatic heterocycles. The van der Waals surface area contributed by atoms with Gasteiger partial charge in [-0.15, -0.1) is 0 Å². The van der Waals surface area contributed by atoms with Crippen molar-refractivity contribution in [2.45, 2.75) is 4.90 Å². The monoisotopic (exact) mass is 386 g/mol. The zero-order valence-corrected chi connectivity index (χ0v) is 15.5. The molecule has 0 atom stereocenters. The van der Waals surface area contributed by atoms with Crippen LogP contribution in [0.25, 0.3) is 0 Å². The van der Waals surface area contributed by atoms with Gasteiger partial charge in [-0.05, 0) is 42.5 Å². The minimum Gasteiger partial charge on any atom is -0.497 e. The predicted octanol–water partition coefficient (Wildman–Crippen LogP) is 2.48. The molecule has 2 aromatic carbocycles. The average molecular weight is 386 g/mol. The number of rotatable bonds is 6. The maximum Gasteiger partial charge on any atom is 0.261 e. The Morgan fingerprint density at radius 3 is 2.48 bits per heavy atom. The van der Waals surface area contributed by atoms with Crippen LogP contribution in [0, 0.1) is 0 Å². The molecule has 1 aromatic heterocycles. The van der Waals surface area contributed by atoms with Gasteiger partial charge in [0.15, 0.2) is 0 Å². The third-order valence-corrected chi connectivity index (χ3v) is 5.09. The number of benzene rings is 2. The van der Waals surface area contributed by atoms with Crippen molar-refractivity contribution in [3.8, 4) is 5.75 Å². The zero-order chi connectivity index (χ0) is 19.4. The Hall–Kier alpha value is -3.33. The Morgan fingerprint density at radius 1 is 1.11 bits per heavy atom. The number of amides is 1. The highest BCUT2D eigenvalue weighted by Gasteiger charge is 2.16. The molecule has 8 nitrogen and oxygen atoms in total. The quantitative estimate of drug-likeness (QED) is 0.678. The first-order valence-electron chi connectivity index (χ1n) is 7.94. The summed E-state index contributed by atoms with van der Waals surface area (Å²) in [7, 11) is -0.575. The Labute approximate surface area is 156 Å². The molecular weight excluding hydrogens is 368 g/mol. The summed E-state index contributed by atoms with van der Waals surface area (Å²) in [4.78, 5) is 12.2. The molecule has 2 N–H and O–H groups in total. The van der Waals surface area contributed by atoms with E-state index in [1.54, 1.807) is 49.6 Å². The average Bonchev–Trinajstić information content (AvgIpc) is 3.09. The van der Waals surface area contributed by atoms with E-state index in [0.29, 0.717) is 22.7 Å². The summed E-state index contributed by atoms with van der Waals surface area (Å²) in [5, 5.41) is 6.60. The normalized spacial score (nSPS) is 11.0. The van der Waals surface area contributed by atoms with Crippen molar-refractivity contribution in [3.63, 3.8) is 0 Å². The van der Waals surface area contributed by atoms with Crippen LogP contribution in [0.4, 0.5) is 11.4 Å². The van der Waals surface area contributed by atoms with E-state index < -0.39 is 10.0 Å². The van der Waals surface area contributed by atoms with Crippen LogP contribution in [0.5, 0.6) is 5.75 Å². The molecule has 0 saturated heterocycles. The number of anilines is 2. The SMILES string of the molecule is COc1ccc(NS(=O)(=O)c2cccc(NC(=O)c3cnn(C)c3)c2)cc1. The summed E-state index contributed by atoms with van der Waals surface area (Å²) in [5.41, 5.74) is 1.14. The van der Waals surface area contributed by atoms with Gasteiger partial charge in [0.05, 0.1) is 23.8 Å². The molecule has 27 heavy (non-hydrogen) atoms. The molecule has 0 aliphatic carbocycles. The van der Waals surface area contributed by atoms with E-state index in [9.17, 15) is 13.2 Å². The highest BCUT2D eigenvalue weighted by atomic mass is 32.2. The van der Waals surface area contributed by atoms with Crippen LogP contribution in [0.1, 0.15) is 10.4 Å². The Bertz CT molecular complexity index is 1060. The molecule has 0 radical (unpaired) electrons. The third-order valence-electron chi connectivity index (χ3n) is 3.71. The molecule has 0 bridgehead atoms. The maximum atomic E-state index is 12.6. The number of aryl methyl sites for hydroxylation is 1. The molecule has 3 rings (SSSR count). The van der Waals surface area contributed by atoms with Crippen molar-refractivity contribution in [2.75, 3.05) is 17.1 Å². The Morgan fingerprint density at radius 2 is 1.85 bits per heavy atom. The summed E-state index contributed by atoms with van der Waals surface area (Å²) >= 11 is 0. The molecule has 0 unspecified atom stereocenters. The minimum absolute atomic E-state index is 0.0299. The van der Waals surface area contributed by atoms with E-state index >= 15 is 0 Å². The van der Waals surface area contributed by atoms with Crippen LogP contribution in [-0.4, -0.2) is 31.2 Å². The Balaban J connectivity index is 1.77. The molecule has 0 aliphatic rings. The number of aromatic nitrogens is 2. The molecule has 1 heterocycles. The third kappa shape index (κ3) is 4.45. The lowest BCUT2D eigenvalue weighted by atomic mass is 10.3. The number of carbonyl (C=O) groups excluding carboxylic acids is 1. The van der Waals surface area contributed by atoms with Crippen molar-refractivity contribution >= 4 is 27.3 Å². The van der Waals surface area contributed by atoms with Gasteiger partial charge in [0.25, 0.3) is 15.9 Å². The Kier molecular flexibility index (Phi) is 5.13. The largest absolute Gasteiger partial charge is 0.497 e. The lowest BCUT2D eigenvalue weighted by Crippen LogP contribution is -2.15. The molecule has 9 heteroatoms. The van der Waals surface area contributed by atoms with E-state index in [-0.39, 0.29) is 10.8 Å². The topological polar surface area (TPSA) is 102 Å². The summed E-state index contributed by atoms with van der Waals surface area (Å²) in [6, 6.07) is 12.5. The number of nitrogens with zero attached hydrogens (tertiary/aromatic N) is 2. The van der Waals surface area contributed by atoms with Crippen LogP contribution in [0.15, 0.2) is 65.8 Å². The molecular formula is C18H18N4O4S. The van der Waals surface area contributed by atoms with Crippen LogP contribution in [0.3, 0.4) is 0 Å². The molecule has 0 spiro atoms. The van der Waals surface area contributed by atoms with Gasteiger partial charge in [0.2, 0.25) is 0 Å². The second-order valence-corrected chi connectivity index (χ2v) is 7.40. The van der Waals surface area contributed by atoms with Crippen LogP contribution in [0.2, 0.25) is 0 Å². The minimum atomic E-state index is -3.81. The van der Waals surface area contributed by atoms with Gasteiger partial charge in [-0.3, -0.25) is 14.2 Å². The van der Waals surface area contributed by atoms with Gasteiger partial charge in [-0.1, -0.05) is 6.07 Å². The summed E-state index contributed by atoms with van der Waals surface area (Å²) in [6.07, 6.45) is 3.00. The lowest BCUT2D eigenvalue weighted by Gasteiger charge is -2.10. The van der Waals surface area contributed by atoms with Gasteiger partial charge in [-0.25, -0.2) is 8.42 Å². The van der Waals surface area contributed by atoms with Crippen molar-refractivity contribution in [2.24, 2.45) is 7.05 Å². The first-order valence-corrected chi connectivity index (χ1v) is 9.42. The van der Waals surface area contributed by atoms with E-state index in [1.165, 1.54) is 30.1 Å². The fourth-order valence-corrected chi connectivity index (χ4v) is 3.46. The number of carbonyl (C=O) groups is 1. The lowest BCUT2D eigenvalue weighted by molar-refractivity contribution is 0.102. The first-order chi connectivity index (χ1) is 12.9. The van der Waals surface area contributed by atoms with Crippen molar-refractivity contribution in [1.82, 2.24) is 9.78 Å². The van der Waals surface area contributed by atoms with E-state index in [0.717, 1.165) is 0 Å². The number of sulfonamides is 1. The second-order valence-electron chi connectivity index (χ2n) is 5.72. The van der Waals surface area contributed by atoms with Gasteiger partial charge < -0.3 is 10.1 Å². The standard InChI is InChI=1S/C18H18N4O4S/c1-22-12-13(11-19-22)18(23)20-15-4-3-5-17(10-15)27(24,25)21-14-6-8-16(26-2)9-7-14/h3-12,21H,1-2H3,(H,20,23). The highest BCUT2D eigenvalue weighted by Crippen LogP contribution is 2.21. The summed E-state index contributed by atoms with van der Waals surface area (Å²) < 4.78 is 34.2. The number of hydrogen-bond donors (Lipinski definition) is 2. The van der Waals surface area contributed by atoms with Crippen molar-refractivity contribution < 1.29 is 17.9 Å². The predicted molar refractivity (Wildman–Crippen MR) is 101 cm³/mol. The molecule has 0 saturated carbocycles. The van der Waals surface area contributed by atoms with E-state index in [1.807, 2.05) is 0 Å². The molecule has 140 valence electrons. The van der Waals surface area contributed by atoms with Crippen LogP contribution in [-0.2, 0) is 17.1 Å². The maximum absolute atomic E-state index is 12.6. The molecule has 3 aromatic rings. The smallest absolute Gasteiger partial charge is 0.261 e. The fourth-order valence-electron chi connectivity index (χ4n) is 2.36. The number of ether oxygens (including phenoxy) is 1. The zero-order valence-electron chi connectivity index (χ0n) is 14.7. The van der Waals surface area contributed by atoms with Gasteiger partial charge >= 0.3 is 0 Å². The first kappa shape index (κ1) is 18.5. The second kappa shape index (κ2) is 7.50. The van der Waals surface area contributed by atoms with Gasteiger partial charge in [-0.2, -0.15) is 5.10 Å². The van der Waals surface area contributed by atoms with Crippen molar-refractivity contribution in [1.29, 1.82) is 0 Å². The molecule has 1 amide bonds. The van der Waals surface area contributed by atoms with Crippen LogP contribution >= 0.6 is 0 Å². The van der Waals surface area contributed by atoms with Crippen LogP contribution < -0.4 is 14.8 Å². The van der Waals surface area contributed by atoms with Gasteiger partial charge in [0, 0.05) is 24.6 Å². The van der Waals surface area contributed by atoms with Gasteiger partial charge in [0.1, 0.15) is 5.75 Å². The summed E-state index contributed by atoms with van der Waals surface area (Å²) in [5.74, 6) is 0.249. The molecule has 0 fully saturated rings.